The molecular formula is C17H20FN3. The number of nitrogens with one attached hydrogen (secondary N) is 1. The Kier molecular flexibility index (Phi) is 4.34. The predicted octanol–water partition coefficient (Wildman–Crippen LogP) is 3.82. The molecular weight excluding hydrogens is 265 g/mol. The lowest BCUT2D eigenvalue weighted by Crippen LogP contribution is -2.29. The molecule has 1 fully saturated rings. The van der Waals surface area contributed by atoms with Gasteiger partial charge in [0.15, 0.2) is 0 Å². The van der Waals surface area contributed by atoms with Crippen LogP contribution in [0.1, 0.15) is 24.8 Å². The molecule has 1 aliphatic rings. The summed E-state index contributed by atoms with van der Waals surface area (Å²) in [5, 5.41) is 3.14. The number of aromatic nitrogens is 1. The summed E-state index contributed by atoms with van der Waals surface area (Å²) < 4.78 is 13.0. The maximum Gasteiger partial charge on any atom is 0.214 e. The van der Waals surface area contributed by atoms with Crippen molar-refractivity contribution in [1.82, 2.24) is 4.98 Å². The van der Waals surface area contributed by atoms with Crippen LogP contribution in [0, 0.1) is 5.95 Å². The van der Waals surface area contributed by atoms with Gasteiger partial charge in [-0.2, -0.15) is 4.39 Å². The van der Waals surface area contributed by atoms with E-state index in [9.17, 15) is 4.39 Å². The van der Waals surface area contributed by atoms with Crippen molar-refractivity contribution in [1.29, 1.82) is 0 Å². The van der Waals surface area contributed by atoms with E-state index in [4.69, 9.17) is 0 Å². The Morgan fingerprint density at radius 3 is 2.48 bits per heavy atom. The quantitative estimate of drug-likeness (QED) is 0.866. The third kappa shape index (κ3) is 3.72. The number of nitrogens with zero attached hydrogens (tertiary/aromatic N) is 2. The summed E-state index contributed by atoms with van der Waals surface area (Å²) in [6.45, 7) is 2.96. The number of piperidine rings is 1. The second-order valence-corrected chi connectivity index (χ2v) is 5.41. The lowest BCUT2D eigenvalue weighted by Gasteiger charge is -2.28. The molecule has 0 amide bonds. The van der Waals surface area contributed by atoms with Gasteiger partial charge in [0.1, 0.15) is 5.82 Å². The molecule has 1 aromatic carbocycles. The normalized spacial score (nSPS) is 15.0. The SMILES string of the molecule is Fc1cccc(NCc2ccc(N3CCCCC3)cc2)n1. The smallest absolute Gasteiger partial charge is 0.214 e. The van der Waals surface area contributed by atoms with E-state index in [0.717, 1.165) is 13.1 Å². The number of halogens is 1. The highest BCUT2D eigenvalue weighted by Gasteiger charge is 2.10. The van der Waals surface area contributed by atoms with Crippen molar-refractivity contribution in [3.8, 4) is 0 Å². The predicted molar refractivity (Wildman–Crippen MR) is 84.0 cm³/mol. The van der Waals surface area contributed by atoms with E-state index >= 15 is 0 Å². The first kappa shape index (κ1) is 13.9. The molecule has 110 valence electrons. The van der Waals surface area contributed by atoms with E-state index in [-0.39, 0.29) is 0 Å². The first-order valence-electron chi connectivity index (χ1n) is 7.51. The highest BCUT2D eigenvalue weighted by molar-refractivity contribution is 5.48. The average molecular weight is 285 g/mol. The molecule has 1 saturated heterocycles. The zero-order valence-electron chi connectivity index (χ0n) is 12.1. The summed E-state index contributed by atoms with van der Waals surface area (Å²) in [6, 6.07) is 13.4. The van der Waals surface area contributed by atoms with E-state index in [1.807, 2.05) is 0 Å². The Morgan fingerprint density at radius 1 is 1.00 bits per heavy atom. The summed E-state index contributed by atoms with van der Waals surface area (Å²) in [6.07, 6.45) is 3.92. The van der Waals surface area contributed by atoms with Gasteiger partial charge in [-0.25, -0.2) is 4.98 Å². The van der Waals surface area contributed by atoms with Crippen molar-refractivity contribution in [2.24, 2.45) is 0 Å². The van der Waals surface area contributed by atoms with Crippen molar-refractivity contribution in [2.45, 2.75) is 25.8 Å². The molecule has 4 heteroatoms. The molecule has 0 bridgehead atoms. The van der Waals surface area contributed by atoms with Gasteiger partial charge in [0.05, 0.1) is 0 Å². The second kappa shape index (κ2) is 6.57. The van der Waals surface area contributed by atoms with Gasteiger partial charge in [-0.3, -0.25) is 0 Å². The summed E-state index contributed by atoms with van der Waals surface area (Å²) in [5.74, 6) is 0.107. The zero-order valence-corrected chi connectivity index (χ0v) is 12.1. The van der Waals surface area contributed by atoms with Gasteiger partial charge in [-0.15, -0.1) is 0 Å². The number of hydrogen-bond acceptors (Lipinski definition) is 3. The minimum Gasteiger partial charge on any atom is -0.372 e. The van der Waals surface area contributed by atoms with E-state index in [1.165, 1.54) is 36.6 Å². The molecule has 1 aliphatic heterocycles. The second-order valence-electron chi connectivity index (χ2n) is 5.41. The van der Waals surface area contributed by atoms with Crippen LogP contribution in [0.25, 0.3) is 0 Å². The Labute approximate surface area is 124 Å². The van der Waals surface area contributed by atoms with Gasteiger partial charge in [0, 0.05) is 25.3 Å². The fourth-order valence-corrected chi connectivity index (χ4v) is 2.68. The number of rotatable bonds is 4. The molecule has 21 heavy (non-hydrogen) atoms. The Bertz CT molecular complexity index is 577. The maximum atomic E-state index is 13.0. The van der Waals surface area contributed by atoms with Crippen molar-refractivity contribution < 1.29 is 4.39 Å². The van der Waals surface area contributed by atoms with Gasteiger partial charge >= 0.3 is 0 Å². The standard InChI is InChI=1S/C17H20FN3/c18-16-5-4-6-17(20-16)19-13-14-7-9-15(10-8-14)21-11-2-1-3-12-21/h4-10H,1-3,11-13H2,(H,19,20). The molecule has 0 saturated carbocycles. The lowest BCUT2D eigenvalue weighted by atomic mass is 10.1. The van der Waals surface area contributed by atoms with Crippen molar-refractivity contribution in [3.05, 3.63) is 54.0 Å². The number of pyridine rings is 1. The fraction of sp³-hybridized carbons (Fsp3) is 0.353. The third-order valence-electron chi connectivity index (χ3n) is 3.85. The van der Waals surface area contributed by atoms with E-state index in [0.29, 0.717) is 12.4 Å². The Balaban J connectivity index is 1.59. The Morgan fingerprint density at radius 2 is 1.76 bits per heavy atom. The minimum absolute atomic E-state index is 0.458. The third-order valence-corrected chi connectivity index (χ3v) is 3.85. The molecule has 0 aliphatic carbocycles. The maximum absolute atomic E-state index is 13.0. The van der Waals surface area contributed by atoms with Crippen LogP contribution < -0.4 is 10.2 Å². The molecule has 2 aromatic rings. The average Bonchev–Trinajstić information content (AvgIpc) is 2.54. The lowest BCUT2D eigenvalue weighted by molar-refractivity contribution is 0.578. The first-order valence-corrected chi connectivity index (χ1v) is 7.51. The van der Waals surface area contributed by atoms with Crippen LogP contribution in [0.15, 0.2) is 42.5 Å². The monoisotopic (exact) mass is 285 g/mol. The topological polar surface area (TPSA) is 28.2 Å². The van der Waals surface area contributed by atoms with Crippen LogP contribution >= 0.6 is 0 Å². The first-order chi connectivity index (χ1) is 10.3. The summed E-state index contributed by atoms with van der Waals surface area (Å²) in [7, 11) is 0. The molecule has 2 heterocycles. The van der Waals surface area contributed by atoms with Gasteiger partial charge in [0.25, 0.3) is 0 Å². The van der Waals surface area contributed by atoms with Crippen molar-refractivity contribution in [2.75, 3.05) is 23.3 Å². The zero-order chi connectivity index (χ0) is 14.5. The van der Waals surface area contributed by atoms with Crippen LogP contribution in [0.2, 0.25) is 0 Å². The summed E-state index contributed by atoms with van der Waals surface area (Å²) >= 11 is 0. The molecule has 0 atom stereocenters. The summed E-state index contributed by atoms with van der Waals surface area (Å²) in [5.41, 5.74) is 2.46. The van der Waals surface area contributed by atoms with Crippen LogP contribution in [0.4, 0.5) is 15.9 Å². The number of hydrogen-bond donors (Lipinski definition) is 1. The molecule has 1 aromatic heterocycles. The van der Waals surface area contributed by atoms with E-state index < -0.39 is 5.95 Å². The molecule has 3 rings (SSSR count). The Hall–Kier alpha value is -2.10. The van der Waals surface area contributed by atoms with Crippen LogP contribution in [0.5, 0.6) is 0 Å². The molecule has 3 nitrogen and oxygen atoms in total. The van der Waals surface area contributed by atoms with Crippen LogP contribution in [-0.4, -0.2) is 18.1 Å². The molecule has 0 radical (unpaired) electrons. The van der Waals surface area contributed by atoms with Crippen molar-refractivity contribution in [3.63, 3.8) is 0 Å². The largest absolute Gasteiger partial charge is 0.372 e. The highest BCUT2D eigenvalue weighted by Crippen LogP contribution is 2.20. The van der Waals surface area contributed by atoms with E-state index in [1.54, 1.807) is 12.1 Å². The van der Waals surface area contributed by atoms with Gasteiger partial charge in [0.2, 0.25) is 5.95 Å². The summed E-state index contributed by atoms with van der Waals surface area (Å²) in [4.78, 5) is 6.23. The van der Waals surface area contributed by atoms with Gasteiger partial charge in [-0.1, -0.05) is 18.2 Å². The van der Waals surface area contributed by atoms with Crippen LogP contribution in [0.3, 0.4) is 0 Å². The van der Waals surface area contributed by atoms with Gasteiger partial charge in [-0.05, 0) is 49.1 Å². The minimum atomic E-state index is -0.458. The molecule has 1 N–H and O–H groups in total. The highest BCUT2D eigenvalue weighted by atomic mass is 19.1. The molecule has 0 spiro atoms. The fourth-order valence-electron chi connectivity index (χ4n) is 2.68. The molecule has 0 unspecified atom stereocenters. The number of benzene rings is 1. The van der Waals surface area contributed by atoms with Gasteiger partial charge < -0.3 is 10.2 Å². The van der Waals surface area contributed by atoms with E-state index in [2.05, 4.69) is 39.5 Å². The number of anilines is 2. The van der Waals surface area contributed by atoms with Crippen molar-refractivity contribution >= 4 is 11.5 Å². The van der Waals surface area contributed by atoms with Crippen LogP contribution in [-0.2, 0) is 6.54 Å².